The van der Waals surface area contributed by atoms with Crippen LogP contribution < -0.4 is 4.74 Å². The molecule has 2 aromatic rings. The number of benzene rings is 2. The molecular weight excluding hydrogens is 410 g/mol. The Bertz CT molecular complexity index is 804. The average Bonchev–Trinajstić information content (AvgIpc) is 2.81. The Morgan fingerprint density at radius 1 is 0.848 bits per heavy atom. The van der Waals surface area contributed by atoms with Gasteiger partial charge in [-0.05, 0) is 37.5 Å². The fraction of sp³-hybridized carbons (Fsp3) is 0.552. The molecule has 33 heavy (non-hydrogen) atoms. The van der Waals surface area contributed by atoms with Crippen molar-refractivity contribution in [1.29, 1.82) is 0 Å². The van der Waals surface area contributed by atoms with Gasteiger partial charge in [-0.2, -0.15) is 0 Å². The third kappa shape index (κ3) is 10.4. The van der Waals surface area contributed by atoms with Crippen LogP contribution >= 0.6 is 0 Å². The van der Waals surface area contributed by atoms with Crippen molar-refractivity contribution in [2.24, 2.45) is 0 Å². The zero-order chi connectivity index (χ0) is 23.9. The summed E-state index contributed by atoms with van der Waals surface area (Å²) in [5.74, 6) is 0.746. The Labute approximate surface area is 201 Å². The van der Waals surface area contributed by atoms with Crippen LogP contribution in [0.15, 0.2) is 54.6 Å². The number of hydrogen-bond acceptors (Lipinski definition) is 3. The second-order valence-electron chi connectivity index (χ2n) is 9.63. The summed E-state index contributed by atoms with van der Waals surface area (Å²) in [4.78, 5) is 12.6. The van der Waals surface area contributed by atoms with Gasteiger partial charge in [0.05, 0.1) is 27.3 Å². The van der Waals surface area contributed by atoms with Crippen LogP contribution in [0.1, 0.15) is 69.9 Å². The molecule has 0 heterocycles. The number of esters is 1. The van der Waals surface area contributed by atoms with Gasteiger partial charge in [0.1, 0.15) is 12.3 Å². The highest BCUT2D eigenvalue weighted by molar-refractivity contribution is 5.74. The first kappa shape index (κ1) is 26.9. The average molecular weight is 455 g/mol. The molecule has 1 unspecified atom stereocenters. The maximum Gasteiger partial charge on any atom is 0.364 e. The molecule has 0 saturated heterocycles. The van der Waals surface area contributed by atoms with Crippen LogP contribution in [-0.2, 0) is 22.5 Å². The molecule has 4 heteroatoms. The highest BCUT2D eigenvalue weighted by Gasteiger charge is 2.32. The molecule has 2 rings (SSSR count). The lowest BCUT2D eigenvalue weighted by molar-refractivity contribution is -0.917. The predicted octanol–water partition coefficient (Wildman–Crippen LogP) is 6.57. The first-order chi connectivity index (χ1) is 15.9. The molecule has 0 aromatic heterocycles. The Balaban J connectivity index is 1.64. The summed E-state index contributed by atoms with van der Waals surface area (Å²) >= 11 is 0. The molecule has 0 fully saturated rings. The smallest absolute Gasteiger partial charge is 0.364 e. The number of carbonyl (C=O) groups is 1. The van der Waals surface area contributed by atoms with E-state index in [0.29, 0.717) is 24.1 Å². The van der Waals surface area contributed by atoms with E-state index in [2.05, 4.69) is 51.4 Å². The Morgan fingerprint density at radius 3 is 2.30 bits per heavy atom. The number of unbranched alkanes of at least 4 members (excludes halogenated alkanes) is 5. The van der Waals surface area contributed by atoms with Crippen molar-refractivity contribution in [3.05, 3.63) is 65.7 Å². The second kappa shape index (κ2) is 14.7. The SMILES string of the molecule is CCCCCCCCc1cccc(OCCCOC(=O)C(C)[N+](C)(C)Cc2ccccc2)c1. The van der Waals surface area contributed by atoms with Crippen molar-refractivity contribution >= 4 is 5.97 Å². The molecule has 0 N–H and O–H groups in total. The van der Waals surface area contributed by atoms with Gasteiger partial charge in [-0.25, -0.2) is 4.79 Å². The van der Waals surface area contributed by atoms with Crippen molar-refractivity contribution < 1.29 is 18.8 Å². The van der Waals surface area contributed by atoms with Crippen LogP contribution in [0.2, 0.25) is 0 Å². The number of nitrogens with zero attached hydrogens (tertiary/aromatic N) is 1. The normalized spacial score (nSPS) is 12.4. The van der Waals surface area contributed by atoms with Crippen molar-refractivity contribution in [3.63, 3.8) is 0 Å². The maximum atomic E-state index is 12.6. The van der Waals surface area contributed by atoms with Crippen LogP contribution in [0, 0.1) is 0 Å². The largest absolute Gasteiger partial charge is 0.493 e. The Morgan fingerprint density at radius 2 is 1.55 bits per heavy atom. The third-order valence-corrected chi connectivity index (χ3v) is 6.34. The van der Waals surface area contributed by atoms with Gasteiger partial charge in [0.15, 0.2) is 6.04 Å². The van der Waals surface area contributed by atoms with Crippen molar-refractivity contribution in [2.75, 3.05) is 27.3 Å². The number of hydrogen-bond donors (Lipinski definition) is 0. The zero-order valence-corrected chi connectivity index (χ0v) is 21.2. The van der Waals surface area contributed by atoms with Crippen LogP contribution in [0.3, 0.4) is 0 Å². The second-order valence-corrected chi connectivity index (χ2v) is 9.63. The quantitative estimate of drug-likeness (QED) is 0.163. The molecule has 182 valence electrons. The van der Waals surface area contributed by atoms with E-state index in [4.69, 9.17) is 9.47 Å². The van der Waals surface area contributed by atoms with Crippen LogP contribution in [-0.4, -0.2) is 43.8 Å². The molecule has 0 saturated carbocycles. The topological polar surface area (TPSA) is 35.5 Å². The van der Waals surface area contributed by atoms with Gasteiger partial charge in [-0.3, -0.25) is 0 Å². The lowest BCUT2D eigenvalue weighted by Gasteiger charge is -2.34. The minimum atomic E-state index is -0.232. The number of carbonyl (C=O) groups excluding carboxylic acids is 1. The van der Waals surface area contributed by atoms with Gasteiger partial charge in [0, 0.05) is 12.0 Å². The van der Waals surface area contributed by atoms with Crippen LogP contribution in [0.25, 0.3) is 0 Å². The summed E-state index contributed by atoms with van der Waals surface area (Å²) in [7, 11) is 4.14. The van der Waals surface area contributed by atoms with E-state index >= 15 is 0 Å². The molecule has 0 aliphatic carbocycles. The summed E-state index contributed by atoms with van der Waals surface area (Å²) < 4.78 is 12.0. The van der Waals surface area contributed by atoms with Gasteiger partial charge in [-0.1, -0.05) is 81.5 Å². The number of quaternary nitrogens is 1. The summed E-state index contributed by atoms with van der Waals surface area (Å²) in [6, 6.07) is 18.4. The minimum Gasteiger partial charge on any atom is -0.493 e. The predicted molar refractivity (Wildman–Crippen MR) is 136 cm³/mol. The van der Waals surface area contributed by atoms with Crippen LogP contribution in [0.5, 0.6) is 5.75 Å². The van der Waals surface area contributed by atoms with Crippen molar-refractivity contribution in [3.8, 4) is 5.75 Å². The molecule has 1 atom stereocenters. The third-order valence-electron chi connectivity index (χ3n) is 6.34. The number of ether oxygens (including phenoxy) is 2. The number of likely N-dealkylation sites (N-methyl/N-ethyl adjacent to an activating group) is 1. The standard InChI is InChI=1S/C29H44NO3/c1-5-6-7-8-9-11-16-26-19-14-20-28(23-26)32-21-15-22-33-29(31)25(2)30(3,4)24-27-17-12-10-13-18-27/h10,12-14,17-20,23,25H,5-9,11,15-16,21-22,24H2,1-4H3/q+1. The lowest BCUT2D eigenvalue weighted by atomic mass is 10.0. The molecular formula is C29H44NO3+. The van der Waals surface area contributed by atoms with E-state index in [1.807, 2.05) is 31.2 Å². The van der Waals surface area contributed by atoms with Gasteiger partial charge < -0.3 is 14.0 Å². The maximum absolute atomic E-state index is 12.6. The van der Waals surface area contributed by atoms with E-state index in [-0.39, 0.29) is 12.0 Å². The lowest BCUT2D eigenvalue weighted by Crippen LogP contribution is -2.51. The fourth-order valence-corrected chi connectivity index (χ4v) is 3.92. The van der Waals surface area contributed by atoms with Gasteiger partial charge in [0.25, 0.3) is 0 Å². The molecule has 0 aliphatic rings. The number of rotatable bonds is 16. The molecule has 0 spiro atoms. The molecule has 2 aromatic carbocycles. The van der Waals surface area contributed by atoms with Gasteiger partial charge >= 0.3 is 5.97 Å². The molecule has 0 radical (unpaired) electrons. The number of aryl methyl sites for hydroxylation is 1. The first-order valence-corrected chi connectivity index (χ1v) is 12.7. The van der Waals surface area contributed by atoms with Crippen molar-refractivity contribution in [1.82, 2.24) is 0 Å². The van der Waals surface area contributed by atoms with E-state index in [1.165, 1.54) is 49.7 Å². The molecule has 4 nitrogen and oxygen atoms in total. The van der Waals surface area contributed by atoms with E-state index in [1.54, 1.807) is 0 Å². The van der Waals surface area contributed by atoms with Gasteiger partial charge in [0.2, 0.25) is 0 Å². The van der Waals surface area contributed by atoms with E-state index in [0.717, 1.165) is 18.7 Å². The Kier molecular flexibility index (Phi) is 12.0. The first-order valence-electron chi connectivity index (χ1n) is 12.7. The highest BCUT2D eigenvalue weighted by atomic mass is 16.5. The summed E-state index contributed by atoms with van der Waals surface area (Å²) in [6.07, 6.45) is 9.67. The van der Waals surface area contributed by atoms with Crippen LogP contribution in [0.4, 0.5) is 0 Å². The summed E-state index contributed by atoms with van der Waals surface area (Å²) in [5, 5.41) is 0. The molecule has 0 aliphatic heterocycles. The summed E-state index contributed by atoms with van der Waals surface area (Å²) in [5.41, 5.74) is 2.55. The van der Waals surface area contributed by atoms with Crippen molar-refractivity contribution in [2.45, 2.75) is 77.8 Å². The summed E-state index contributed by atoms with van der Waals surface area (Å²) in [6.45, 7) is 5.91. The van der Waals surface area contributed by atoms with E-state index < -0.39 is 0 Å². The fourth-order valence-electron chi connectivity index (χ4n) is 3.92. The highest BCUT2D eigenvalue weighted by Crippen LogP contribution is 2.17. The Hall–Kier alpha value is -2.33. The monoisotopic (exact) mass is 454 g/mol. The van der Waals surface area contributed by atoms with E-state index in [9.17, 15) is 4.79 Å². The zero-order valence-electron chi connectivity index (χ0n) is 21.2. The van der Waals surface area contributed by atoms with Gasteiger partial charge in [-0.15, -0.1) is 0 Å². The minimum absolute atomic E-state index is 0.156. The molecule has 0 amide bonds. The molecule has 0 bridgehead atoms.